The quantitative estimate of drug-likeness (QED) is 0.565. The molecule has 0 atom stereocenters. The van der Waals surface area contributed by atoms with Gasteiger partial charge in [0, 0.05) is 0 Å². The van der Waals surface area contributed by atoms with Gasteiger partial charge in [-0.2, -0.15) is 0 Å². The van der Waals surface area contributed by atoms with Crippen LogP contribution in [0.3, 0.4) is 0 Å². The van der Waals surface area contributed by atoms with Crippen LogP contribution >= 0.6 is 0 Å². The molecule has 0 unspecified atom stereocenters. The van der Waals surface area contributed by atoms with Gasteiger partial charge in [-0.25, -0.2) is 4.98 Å². The van der Waals surface area contributed by atoms with Gasteiger partial charge in [-0.1, -0.05) is 12.2 Å². The van der Waals surface area contributed by atoms with E-state index in [9.17, 15) is 0 Å². The smallest absolute Gasteiger partial charge is 0.125 e. The zero-order valence-electron chi connectivity index (χ0n) is 8.12. The van der Waals surface area contributed by atoms with E-state index >= 15 is 0 Å². The van der Waals surface area contributed by atoms with Gasteiger partial charge in [-0.15, -0.1) is 6.58 Å². The van der Waals surface area contributed by atoms with Crippen molar-refractivity contribution in [2.24, 2.45) is 0 Å². The van der Waals surface area contributed by atoms with Crippen LogP contribution < -0.4 is 5.84 Å². The molecule has 0 saturated heterocycles. The molecule has 13 heavy (non-hydrogen) atoms. The Morgan fingerprint density at radius 3 is 2.69 bits per heavy atom. The van der Waals surface area contributed by atoms with Gasteiger partial charge in [0.15, 0.2) is 0 Å². The average Bonchev–Trinajstić information content (AvgIpc) is 2.34. The molecule has 0 spiro atoms. The average molecular weight is 177 g/mol. The van der Waals surface area contributed by atoms with Gasteiger partial charge in [-0.3, -0.25) is 4.68 Å². The number of nitrogens with two attached hydrogens (primary N) is 1. The summed E-state index contributed by atoms with van der Waals surface area (Å²) in [6, 6.07) is 0. The second kappa shape index (κ2) is 3.94. The van der Waals surface area contributed by atoms with Gasteiger partial charge in [0.25, 0.3) is 0 Å². The highest BCUT2D eigenvalue weighted by atomic mass is 15.3. The van der Waals surface area contributed by atoms with Crippen molar-refractivity contribution in [2.75, 3.05) is 5.84 Å². The minimum Gasteiger partial charge on any atom is -0.338 e. The zero-order valence-corrected chi connectivity index (χ0v) is 8.12. The van der Waals surface area contributed by atoms with Gasteiger partial charge in [0.05, 0.1) is 11.4 Å². The summed E-state index contributed by atoms with van der Waals surface area (Å²) >= 11 is 0. The van der Waals surface area contributed by atoms with E-state index in [4.69, 9.17) is 5.84 Å². The SMILES string of the molecule is C=CC/C=C\c1nc(C)n(N)c1C. The number of aryl methyl sites for hydroxylation is 1. The Labute approximate surface area is 78.6 Å². The predicted octanol–water partition coefficient (Wildman–Crippen LogP) is 1.80. The fourth-order valence-corrected chi connectivity index (χ4v) is 1.11. The topological polar surface area (TPSA) is 43.8 Å². The van der Waals surface area contributed by atoms with E-state index in [2.05, 4.69) is 11.6 Å². The van der Waals surface area contributed by atoms with Crippen molar-refractivity contribution in [3.05, 3.63) is 35.9 Å². The van der Waals surface area contributed by atoms with Crippen molar-refractivity contribution >= 4 is 6.08 Å². The molecule has 2 N–H and O–H groups in total. The van der Waals surface area contributed by atoms with Crippen molar-refractivity contribution in [1.29, 1.82) is 0 Å². The Morgan fingerprint density at radius 1 is 1.54 bits per heavy atom. The summed E-state index contributed by atoms with van der Waals surface area (Å²) in [5, 5.41) is 0. The van der Waals surface area contributed by atoms with E-state index in [0.29, 0.717) is 0 Å². The maximum Gasteiger partial charge on any atom is 0.125 e. The molecule has 0 aliphatic heterocycles. The van der Waals surface area contributed by atoms with E-state index in [-0.39, 0.29) is 0 Å². The molecule has 1 aromatic heterocycles. The summed E-state index contributed by atoms with van der Waals surface area (Å²) in [6.45, 7) is 7.47. The fourth-order valence-electron chi connectivity index (χ4n) is 1.11. The number of imidazole rings is 1. The number of nitrogen functional groups attached to an aromatic ring is 1. The highest BCUT2D eigenvalue weighted by Crippen LogP contribution is 2.08. The molecule has 1 rings (SSSR count). The first kappa shape index (κ1) is 9.58. The molecule has 70 valence electrons. The second-order valence-corrected chi connectivity index (χ2v) is 2.93. The Morgan fingerprint density at radius 2 is 2.23 bits per heavy atom. The minimum absolute atomic E-state index is 0.829. The number of hydrogen-bond acceptors (Lipinski definition) is 2. The molecule has 3 heteroatoms. The summed E-state index contributed by atoms with van der Waals surface area (Å²) < 4.78 is 1.59. The van der Waals surface area contributed by atoms with E-state index in [0.717, 1.165) is 23.6 Å². The first-order valence-electron chi connectivity index (χ1n) is 4.25. The lowest BCUT2D eigenvalue weighted by Crippen LogP contribution is -2.11. The highest BCUT2D eigenvalue weighted by molar-refractivity contribution is 5.48. The van der Waals surface area contributed by atoms with Crippen LogP contribution in [0.15, 0.2) is 18.7 Å². The predicted molar refractivity (Wildman–Crippen MR) is 55.7 cm³/mol. The largest absolute Gasteiger partial charge is 0.338 e. The molecule has 1 aromatic rings. The van der Waals surface area contributed by atoms with Gasteiger partial charge in [0.1, 0.15) is 5.82 Å². The zero-order chi connectivity index (χ0) is 9.84. The molecular weight excluding hydrogens is 162 g/mol. The first-order valence-corrected chi connectivity index (χ1v) is 4.25. The molecule has 0 fully saturated rings. The molecule has 0 aromatic carbocycles. The van der Waals surface area contributed by atoms with Gasteiger partial charge in [0.2, 0.25) is 0 Å². The Balaban J connectivity index is 2.89. The van der Waals surface area contributed by atoms with Crippen LogP contribution in [0.25, 0.3) is 6.08 Å². The van der Waals surface area contributed by atoms with Crippen molar-refractivity contribution in [2.45, 2.75) is 20.3 Å². The van der Waals surface area contributed by atoms with Crippen LogP contribution in [0.2, 0.25) is 0 Å². The molecule has 0 bridgehead atoms. The number of rotatable bonds is 3. The first-order chi connectivity index (χ1) is 6.16. The van der Waals surface area contributed by atoms with Gasteiger partial charge < -0.3 is 5.84 Å². The molecule has 1 heterocycles. The molecule has 0 aliphatic carbocycles. The molecule has 0 saturated carbocycles. The fraction of sp³-hybridized carbons (Fsp3) is 0.300. The number of aromatic nitrogens is 2. The maximum atomic E-state index is 5.71. The van der Waals surface area contributed by atoms with Crippen LogP contribution in [-0.2, 0) is 0 Å². The molecule has 0 amide bonds. The van der Waals surface area contributed by atoms with Crippen molar-refractivity contribution < 1.29 is 0 Å². The summed E-state index contributed by atoms with van der Waals surface area (Å²) in [6.07, 6.45) is 6.68. The third-order valence-electron chi connectivity index (χ3n) is 1.94. The summed E-state index contributed by atoms with van der Waals surface area (Å²) in [5.41, 5.74) is 1.92. The highest BCUT2D eigenvalue weighted by Gasteiger charge is 2.04. The number of nitrogens with zero attached hydrogens (tertiary/aromatic N) is 2. The van der Waals surface area contributed by atoms with Gasteiger partial charge in [-0.05, 0) is 26.3 Å². The molecule has 3 nitrogen and oxygen atoms in total. The second-order valence-electron chi connectivity index (χ2n) is 2.93. The van der Waals surface area contributed by atoms with Crippen LogP contribution in [0.5, 0.6) is 0 Å². The third kappa shape index (κ3) is 1.99. The Bertz CT molecular complexity index is 334. The van der Waals surface area contributed by atoms with Crippen molar-refractivity contribution in [3.8, 4) is 0 Å². The molecule has 0 radical (unpaired) electrons. The lowest BCUT2D eigenvalue weighted by Gasteiger charge is -1.95. The number of allylic oxidation sites excluding steroid dienone is 2. The molecular formula is C10H15N3. The Hall–Kier alpha value is -1.51. The lowest BCUT2D eigenvalue weighted by molar-refractivity contribution is 0.894. The van der Waals surface area contributed by atoms with E-state index in [1.807, 2.05) is 32.1 Å². The maximum absolute atomic E-state index is 5.71. The van der Waals surface area contributed by atoms with E-state index in [1.165, 1.54) is 0 Å². The van der Waals surface area contributed by atoms with Crippen LogP contribution in [0.1, 0.15) is 23.6 Å². The van der Waals surface area contributed by atoms with Crippen LogP contribution in [-0.4, -0.2) is 9.66 Å². The minimum atomic E-state index is 0.829. The van der Waals surface area contributed by atoms with E-state index in [1.54, 1.807) is 4.68 Å². The normalized spacial score (nSPS) is 10.9. The van der Waals surface area contributed by atoms with Crippen LogP contribution in [0.4, 0.5) is 0 Å². The van der Waals surface area contributed by atoms with Gasteiger partial charge >= 0.3 is 0 Å². The lowest BCUT2D eigenvalue weighted by atomic mass is 10.3. The summed E-state index contributed by atoms with van der Waals surface area (Å²) in [7, 11) is 0. The monoisotopic (exact) mass is 177 g/mol. The van der Waals surface area contributed by atoms with E-state index < -0.39 is 0 Å². The third-order valence-corrected chi connectivity index (χ3v) is 1.94. The van der Waals surface area contributed by atoms with Crippen LogP contribution in [0, 0.1) is 13.8 Å². The molecule has 0 aliphatic rings. The Kier molecular flexibility index (Phi) is 2.90. The summed E-state index contributed by atoms with van der Waals surface area (Å²) in [4.78, 5) is 4.30. The standard InChI is InChI=1S/C10H15N3/c1-4-5-6-7-10-8(2)13(11)9(3)12-10/h4,6-7H,1,5,11H2,2-3H3/b7-6-. The summed E-state index contributed by atoms with van der Waals surface area (Å²) in [5.74, 6) is 6.54. The van der Waals surface area contributed by atoms with Crippen molar-refractivity contribution in [3.63, 3.8) is 0 Å². The van der Waals surface area contributed by atoms with Crippen molar-refractivity contribution in [1.82, 2.24) is 9.66 Å². The number of hydrogen-bond donors (Lipinski definition) is 1.